The minimum absolute atomic E-state index is 0.129. The van der Waals surface area contributed by atoms with Crippen molar-refractivity contribution < 1.29 is 9.66 Å². The fraction of sp³-hybridized carbons (Fsp3) is 0.0769. The van der Waals surface area contributed by atoms with E-state index in [0.717, 1.165) is 0 Å². The van der Waals surface area contributed by atoms with E-state index < -0.39 is 4.92 Å². The fourth-order valence-corrected chi connectivity index (χ4v) is 2.00. The van der Waals surface area contributed by atoms with Crippen LogP contribution in [0.5, 0.6) is 5.75 Å². The van der Waals surface area contributed by atoms with Crippen molar-refractivity contribution in [1.82, 2.24) is 0 Å². The zero-order valence-electron chi connectivity index (χ0n) is 10.4. The van der Waals surface area contributed by atoms with Gasteiger partial charge >= 0.3 is 0 Å². The number of hydrogen-bond acceptors (Lipinski definition) is 4. The van der Waals surface area contributed by atoms with Crippen molar-refractivity contribution in [3.8, 4) is 5.75 Å². The molecule has 0 fully saturated rings. The number of nitro groups is 1. The number of benzene rings is 2. The van der Waals surface area contributed by atoms with E-state index in [1.807, 2.05) is 0 Å². The van der Waals surface area contributed by atoms with E-state index in [0.29, 0.717) is 11.4 Å². The van der Waals surface area contributed by atoms with Crippen LogP contribution in [0.4, 0.5) is 17.1 Å². The number of para-hydroxylation sites is 2. The van der Waals surface area contributed by atoms with Gasteiger partial charge in [0.25, 0.3) is 5.69 Å². The summed E-state index contributed by atoms with van der Waals surface area (Å²) in [6.07, 6.45) is 0. The van der Waals surface area contributed by atoms with Gasteiger partial charge in [0.2, 0.25) is 0 Å². The summed E-state index contributed by atoms with van der Waals surface area (Å²) in [6, 6.07) is 9.69. The average molecular weight is 313 g/mol. The van der Waals surface area contributed by atoms with Gasteiger partial charge in [-0.3, -0.25) is 10.1 Å². The molecule has 0 aromatic heterocycles. The van der Waals surface area contributed by atoms with Gasteiger partial charge in [0.1, 0.15) is 11.4 Å². The molecule has 20 heavy (non-hydrogen) atoms. The molecule has 0 amide bonds. The predicted octanol–water partition coefficient (Wildman–Crippen LogP) is 4.65. The number of hydrogen-bond donors (Lipinski definition) is 1. The summed E-state index contributed by atoms with van der Waals surface area (Å²) in [5, 5.41) is 14.4. The molecule has 0 saturated carbocycles. The molecule has 0 spiro atoms. The monoisotopic (exact) mass is 312 g/mol. The SMILES string of the molecule is COc1ccccc1Nc1cc(Cl)c(Cl)cc1[N+](=O)[O-]. The zero-order valence-corrected chi connectivity index (χ0v) is 11.9. The van der Waals surface area contributed by atoms with Crippen molar-refractivity contribution in [3.63, 3.8) is 0 Å². The summed E-state index contributed by atoms with van der Waals surface area (Å²) in [5.41, 5.74) is 0.677. The minimum Gasteiger partial charge on any atom is -0.495 e. The highest BCUT2D eigenvalue weighted by Gasteiger charge is 2.18. The number of methoxy groups -OCH3 is 1. The van der Waals surface area contributed by atoms with E-state index in [-0.39, 0.29) is 21.4 Å². The molecule has 0 aliphatic rings. The lowest BCUT2D eigenvalue weighted by Gasteiger charge is -2.11. The third-order valence-corrected chi connectivity index (χ3v) is 3.33. The molecule has 0 saturated heterocycles. The lowest BCUT2D eigenvalue weighted by molar-refractivity contribution is -0.383. The molecule has 104 valence electrons. The van der Waals surface area contributed by atoms with Crippen molar-refractivity contribution in [3.05, 3.63) is 56.6 Å². The van der Waals surface area contributed by atoms with Crippen LogP contribution in [0, 0.1) is 10.1 Å². The smallest absolute Gasteiger partial charge is 0.294 e. The third-order valence-electron chi connectivity index (χ3n) is 2.61. The molecular formula is C13H10Cl2N2O3. The van der Waals surface area contributed by atoms with Gasteiger partial charge in [0.15, 0.2) is 0 Å². The maximum absolute atomic E-state index is 11.1. The van der Waals surface area contributed by atoms with Crippen LogP contribution in [-0.4, -0.2) is 12.0 Å². The van der Waals surface area contributed by atoms with Gasteiger partial charge in [0.05, 0.1) is 27.8 Å². The van der Waals surface area contributed by atoms with Crippen molar-refractivity contribution in [2.45, 2.75) is 0 Å². The zero-order chi connectivity index (χ0) is 14.7. The van der Waals surface area contributed by atoms with Crippen LogP contribution in [0.2, 0.25) is 10.0 Å². The summed E-state index contributed by atoms with van der Waals surface area (Å²) in [7, 11) is 1.52. The van der Waals surface area contributed by atoms with Gasteiger partial charge in [-0.25, -0.2) is 0 Å². The van der Waals surface area contributed by atoms with Gasteiger partial charge in [-0.1, -0.05) is 35.3 Å². The topological polar surface area (TPSA) is 64.4 Å². The standard InChI is InChI=1S/C13H10Cl2N2O3/c1-20-13-5-3-2-4-10(13)16-11-6-8(14)9(15)7-12(11)17(18)19/h2-7,16H,1H3. The molecule has 5 nitrogen and oxygen atoms in total. The summed E-state index contributed by atoms with van der Waals surface area (Å²) in [5.74, 6) is 0.563. The molecule has 0 bridgehead atoms. The Labute approximate surface area is 125 Å². The molecule has 0 aliphatic heterocycles. The van der Waals surface area contributed by atoms with Gasteiger partial charge in [0, 0.05) is 6.07 Å². The lowest BCUT2D eigenvalue weighted by Crippen LogP contribution is -1.99. The first-order chi connectivity index (χ1) is 9.52. The molecular weight excluding hydrogens is 303 g/mol. The van der Waals surface area contributed by atoms with Gasteiger partial charge in [-0.15, -0.1) is 0 Å². The fourth-order valence-electron chi connectivity index (χ4n) is 1.68. The molecule has 0 aliphatic carbocycles. The number of anilines is 2. The molecule has 7 heteroatoms. The van der Waals surface area contributed by atoms with Crippen molar-refractivity contribution in [2.24, 2.45) is 0 Å². The molecule has 1 N–H and O–H groups in total. The number of halogens is 2. The highest BCUT2D eigenvalue weighted by atomic mass is 35.5. The second kappa shape index (κ2) is 5.98. The van der Waals surface area contributed by atoms with Gasteiger partial charge < -0.3 is 10.1 Å². The van der Waals surface area contributed by atoms with Crippen LogP contribution in [0.1, 0.15) is 0 Å². The molecule has 2 aromatic rings. The first-order valence-corrected chi connectivity index (χ1v) is 6.32. The highest BCUT2D eigenvalue weighted by Crippen LogP contribution is 2.37. The Bertz CT molecular complexity index is 662. The minimum atomic E-state index is -0.528. The maximum Gasteiger partial charge on any atom is 0.294 e. The third kappa shape index (κ3) is 2.95. The van der Waals surface area contributed by atoms with Crippen LogP contribution < -0.4 is 10.1 Å². The summed E-state index contributed by atoms with van der Waals surface area (Å²) in [6.45, 7) is 0. The van der Waals surface area contributed by atoms with E-state index in [1.165, 1.54) is 19.2 Å². The van der Waals surface area contributed by atoms with Gasteiger partial charge in [-0.2, -0.15) is 0 Å². The van der Waals surface area contributed by atoms with Crippen LogP contribution in [0.25, 0.3) is 0 Å². The van der Waals surface area contributed by atoms with Crippen molar-refractivity contribution >= 4 is 40.3 Å². The van der Waals surface area contributed by atoms with Crippen molar-refractivity contribution in [2.75, 3.05) is 12.4 Å². The second-order valence-corrected chi connectivity index (χ2v) is 4.68. The number of nitrogens with zero attached hydrogens (tertiary/aromatic N) is 1. The Morgan fingerprint density at radius 1 is 1.15 bits per heavy atom. The number of rotatable bonds is 4. The first-order valence-electron chi connectivity index (χ1n) is 5.56. The van der Waals surface area contributed by atoms with Crippen LogP contribution in [-0.2, 0) is 0 Å². The Kier molecular flexibility index (Phi) is 4.32. The highest BCUT2D eigenvalue weighted by molar-refractivity contribution is 6.42. The maximum atomic E-state index is 11.1. The van der Waals surface area contributed by atoms with E-state index in [2.05, 4.69) is 5.32 Å². The van der Waals surface area contributed by atoms with Crippen LogP contribution in [0.15, 0.2) is 36.4 Å². The van der Waals surface area contributed by atoms with E-state index in [9.17, 15) is 10.1 Å². The molecule has 0 atom stereocenters. The van der Waals surface area contributed by atoms with E-state index in [1.54, 1.807) is 24.3 Å². The number of ether oxygens (including phenoxy) is 1. The second-order valence-electron chi connectivity index (χ2n) is 3.87. The number of nitro benzene ring substituents is 1. The lowest BCUT2D eigenvalue weighted by atomic mass is 10.2. The molecule has 2 rings (SSSR count). The molecule has 0 radical (unpaired) electrons. The van der Waals surface area contributed by atoms with E-state index in [4.69, 9.17) is 27.9 Å². The Hall–Kier alpha value is -1.98. The first kappa shape index (κ1) is 14.4. The largest absolute Gasteiger partial charge is 0.495 e. The Morgan fingerprint density at radius 2 is 1.80 bits per heavy atom. The molecule has 0 unspecified atom stereocenters. The average Bonchev–Trinajstić information content (AvgIpc) is 2.43. The van der Waals surface area contributed by atoms with Crippen molar-refractivity contribution in [1.29, 1.82) is 0 Å². The van der Waals surface area contributed by atoms with E-state index >= 15 is 0 Å². The van der Waals surface area contributed by atoms with Crippen LogP contribution in [0.3, 0.4) is 0 Å². The molecule has 0 heterocycles. The Balaban J connectivity index is 2.47. The summed E-state index contributed by atoms with van der Waals surface area (Å²) in [4.78, 5) is 10.5. The predicted molar refractivity (Wildman–Crippen MR) is 79.4 cm³/mol. The summed E-state index contributed by atoms with van der Waals surface area (Å²) >= 11 is 11.7. The normalized spacial score (nSPS) is 10.2. The molecule has 2 aromatic carbocycles. The van der Waals surface area contributed by atoms with Gasteiger partial charge in [-0.05, 0) is 18.2 Å². The number of nitrogens with one attached hydrogen (secondary N) is 1. The quantitative estimate of drug-likeness (QED) is 0.659. The van der Waals surface area contributed by atoms with Crippen LogP contribution >= 0.6 is 23.2 Å². The summed E-state index contributed by atoms with van der Waals surface area (Å²) < 4.78 is 5.18. The Morgan fingerprint density at radius 3 is 2.45 bits per heavy atom.